The first-order chi connectivity index (χ1) is 8.48. The summed E-state index contributed by atoms with van der Waals surface area (Å²) < 4.78 is 26.2. The van der Waals surface area contributed by atoms with E-state index in [4.69, 9.17) is 5.26 Å². The van der Waals surface area contributed by atoms with Crippen molar-refractivity contribution in [3.8, 4) is 6.07 Å². The second-order valence-corrected chi connectivity index (χ2v) is 7.49. The molecule has 18 heavy (non-hydrogen) atoms. The fourth-order valence-corrected chi connectivity index (χ4v) is 4.66. The number of hydrogen-bond acceptors (Lipinski definition) is 4. The molecule has 0 spiro atoms. The Kier molecular flexibility index (Phi) is 3.95. The number of piperidine rings is 1. The summed E-state index contributed by atoms with van der Waals surface area (Å²) in [6.45, 7) is 3.78. The average molecular weight is 271 g/mol. The molecule has 0 aromatic rings. The van der Waals surface area contributed by atoms with Crippen molar-refractivity contribution in [2.75, 3.05) is 6.54 Å². The lowest BCUT2D eigenvalue weighted by atomic mass is 10.00. The highest BCUT2D eigenvalue weighted by Gasteiger charge is 2.40. The van der Waals surface area contributed by atoms with Gasteiger partial charge in [-0.25, -0.2) is 8.42 Å². The molecule has 0 amide bonds. The Hall–Kier alpha value is -0.640. The van der Waals surface area contributed by atoms with Crippen molar-refractivity contribution in [2.45, 2.75) is 62.9 Å². The molecule has 1 N–H and O–H groups in total. The molecule has 0 radical (unpaired) electrons. The van der Waals surface area contributed by atoms with Gasteiger partial charge < -0.3 is 5.32 Å². The van der Waals surface area contributed by atoms with E-state index in [0.29, 0.717) is 18.6 Å². The lowest BCUT2D eigenvalue weighted by Gasteiger charge is -2.36. The highest BCUT2D eigenvalue weighted by atomic mass is 32.2. The second kappa shape index (κ2) is 5.16. The van der Waals surface area contributed by atoms with Crippen LogP contribution in [0.1, 0.15) is 39.5 Å². The van der Waals surface area contributed by atoms with Crippen LogP contribution in [0.25, 0.3) is 0 Å². The normalized spacial score (nSPS) is 33.3. The number of rotatable bonds is 4. The van der Waals surface area contributed by atoms with Gasteiger partial charge >= 0.3 is 0 Å². The SMILES string of the molecule is CCN(C1CC2CCC(C1)N2)S(=O)(=O)C(C)C#N. The van der Waals surface area contributed by atoms with E-state index < -0.39 is 15.3 Å². The van der Waals surface area contributed by atoms with Crippen LogP contribution in [-0.2, 0) is 10.0 Å². The smallest absolute Gasteiger partial charge is 0.230 e. The third-order valence-corrected chi connectivity index (χ3v) is 6.33. The first-order valence-corrected chi connectivity index (χ1v) is 8.15. The standard InChI is InChI=1S/C12H21N3O2S/c1-3-15(18(16,17)9(2)8-13)12-6-10-4-5-11(7-12)14-10/h9-12,14H,3-7H2,1-2H3. The van der Waals surface area contributed by atoms with Gasteiger partial charge in [0.25, 0.3) is 0 Å². The molecule has 6 heteroatoms. The zero-order chi connectivity index (χ0) is 13.3. The van der Waals surface area contributed by atoms with Crippen molar-refractivity contribution in [3.05, 3.63) is 0 Å². The number of sulfonamides is 1. The maximum absolute atomic E-state index is 12.3. The van der Waals surface area contributed by atoms with Gasteiger partial charge in [0, 0.05) is 24.7 Å². The summed E-state index contributed by atoms with van der Waals surface area (Å²) in [5.41, 5.74) is 0. The summed E-state index contributed by atoms with van der Waals surface area (Å²) in [6.07, 6.45) is 4.04. The largest absolute Gasteiger partial charge is 0.311 e. The zero-order valence-corrected chi connectivity index (χ0v) is 11.8. The minimum absolute atomic E-state index is 0.0644. The van der Waals surface area contributed by atoms with E-state index >= 15 is 0 Å². The van der Waals surface area contributed by atoms with Gasteiger partial charge in [-0.1, -0.05) is 6.92 Å². The lowest BCUT2D eigenvalue weighted by molar-refractivity contribution is 0.231. The molecule has 5 nitrogen and oxygen atoms in total. The monoisotopic (exact) mass is 271 g/mol. The minimum Gasteiger partial charge on any atom is -0.311 e. The van der Waals surface area contributed by atoms with Crippen LogP contribution in [0.4, 0.5) is 0 Å². The van der Waals surface area contributed by atoms with Gasteiger partial charge in [0.2, 0.25) is 10.0 Å². The van der Waals surface area contributed by atoms with Crippen LogP contribution in [0, 0.1) is 11.3 Å². The van der Waals surface area contributed by atoms with Crippen molar-refractivity contribution < 1.29 is 8.42 Å². The van der Waals surface area contributed by atoms with E-state index in [9.17, 15) is 8.42 Å². The van der Waals surface area contributed by atoms with Gasteiger partial charge in [0.1, 0.15) is 0 Å². The van der Waals surface area contributed by atoms with E-state index in [1.54, 1.807) is 4.31 Å². The molecule has 0 aromatic heterocycles. The van der Waals surface area contributed by atoms with Gasteiger partial charge in [-0.2, -0.15) is 9.57 Å². The molecular weight excluding hydrogens is 250 g/mol. The summed E-state index contributed by atoms with van der Waals surface area (Å²) in [4.78, 5) is 0. The number of hydrogen-bond donors (Lipinski definition) is 1. The molecule has 2 rings (SSSR count). The van der Waals surface area contributed by atoms with Crippen molar-refractivity contribution in [1.29, 1.82) is 5.26 Å². The molecule has 2 aliphatic rings. The van der Waals surface area contributed by atoms with Crippen molar-refractivity contribution in [1.82, 2.24) is 9.62 Å². The first-order valence-electron chi connectivity index (χ1n) is 6.65. The van der Waals surface area contributed by atoms with Crippen LogP contribution in [0.5, 0.6) is 0 Å². The van der Waals surface area contributed by atoms with E-state index in [1.807, 2.05) is 13.0 Å². The third kappa shape index (κ3) is 2.40. The van der Waals surface area contributed by atoms with Crippen LogP contribution in [0.3, 0.4) is 0 Å². The van der Waals surface area contributed by atoms with E-state index in [-0.39, 0.29) is 6.04 Å². The van der Waals surface area contributed by atoms with Crippen LogP contribution in [0.2, 0.25) is 0 Å². The summed E-state index contributed by atoms with van der Waals surface area (Å²) in [5, 5.41) is 11.4. The summed E-state index contributed by atoms with van der Waals surface area (Å²) in [6, 6.07) is 2.82. The van der Waals surface area contributed by atoms with Crippen LogP contribution >= 0.6 is 0 Å². The summed E-state index contributed by atoms with van der Waals surface area (Å²) >= 11 is 0. The fourth-order valence-electron chi connectivity index (χ4n) is 3.18. The maximum atomic E-state index is 12.3. The number of nitrogens with one attached hydrogen (secondary N) is 1. The molecule has 0 aromatic carbocycles. The Morgan fingerprint density at radius 2 is 1.94 bits per heavy atom. The highest BCUT2D eigenvalue weighted by molar-refractivity contribution is 7.90. The molecule has 0 aliphatic carbocycles. The van der Waals surface area contributed by atoms with Crippen LogP contribution in [-0.4, -0.2) is 42.6 Å². The molecule has 2 saturated heterocycles. The molecule has 2 bridgehead atoms. The number of nitrogens with zero attached hydrogens (tertiary/aromatic N) is 2. The molecule has 3 atom stereocenters. The van der Waals surface area contributed by atoms with E-state index in [1.165, 1.54) is 6.92 Å². The molecule has 2 fully saturated rings. The lowest BCUT2D eigenvalue weighted by Crippen LogP contribution is -2.51. The van der Waals surface area contributed by atoms with Gasteiger partial charge in [0.15, 0.2) is 5.25 Å². The quantitative estimate of drug-likeness (QED) is 0.822. The Morgan fingerprint density at radius 1 is 1.39 bits per heavy atom. The minimum atomic E-state index is -3.48. The fraction of sp³-hybridized carbons (Fsp3) is 0.917. The average Bonchev–Trinajstić information content (AvgIpc) is 2.68. The third-order valence-electron chi connectivity index (χ3n) is 4.12. The number of fused-ring (bicyclic) bond motifs is 2. The van der Waals surface area contributed by atoms with E-state index in [2.05, 4.69) is 5.32 Å². The Balaban J connectivity index is 2.17. The van der Waals surface area contributed by atoms with Crippen molar-refractivity contribution in [3.63, 3.8) is 0 Å². The van der Waals surface area contributed by atoms with Crippen LogP contribution < -0.4 is 5.32 Å². The maximum Gasteiger partial charge on any atom is 0.230 e. The predicted molar refractivity (Wildman–Crippen MR) is 69.3 cm³/mol. The Labute approximate surface area is 109 Å². The molecule has 2 aliphatic heterocycles. The Bertz CT molecular complexity index is 431. The molecule has 102 valence electrons. The number of nitriles is 1. The van der Waals surface area contributed by atoms with Crippen LogP contribution in [0.15, 0.2) is 0 Å². The summed E-state index contributed by atoms with van der Waals surface area (Å²) in [5.74, 6) is 0. The van der Waals surface area contributed by atoms with E-state index in [0.717, 1.165) is 25.7 Å². The molecular formula is C12H21N3O2S. The Morgan fingerprint density at radius 3 is 2.39 bits per heavy atom. The van der Waals surface area contributed by atoms with Gasteiger partial charge in [-0.3, -0.25) is 0 Å². The van der Waals surface area contributed by atoms with Crippen molar-refractivity contribution in [2.24, 2.45) is 0 Å². The topological polar surface area (TPSA) is 73.2 Å². The summed E-state index contributed by atoms with van der Waals surface area (Å²) in [7, 11) is -3.48. The highest BCUT2D eigenvalue weighted by Crippen LogP contribution is 2.31. The molecule has 2 heterocycles. The second-order valence-electron chi connectivity index (χ2n) is 5.28. The van der Waals surface area contributed by atoms with Gasteiger partial charge in [-0.15, -0.1) is 0 Å². The molecule has 0 saturated carbocycles. The first kappa shape index (κ1) is 13.8. The predicted octanol–water partition coefficient (Wildman–Crippen LogP) is 0.833. The molecule has 3 unspecified atom stereocenters. The van der Waals surface area contributed by atoms with Crippen molar-refractivity contribution >= 4 is 10.0 Å². The zero-order valence-electron chi connectivity index (χ0n) is 11.0. The van der Waals surface area contributed by atoms with Gasteiger partial charge in [0.05, 0.1) is 6.07 Å². The van der Waals surface area contributed by atoms with Gasteiger partial charge in [-0.05, 0) is 32.6 Å².